The van der Waals surface area contributed by atoms with Crippen molar-refractivity contribution in [3.8, 4) is 0 Å². The van der Waals surface area contributed by atoms with Crippen molar-refractivity contribution in [2.45, 2.75) is 83.8 Å². The Hall–Kier alpha value is -0.0800. The lowest BCUT2D eigenvalue weighted by atomic mass is 9.45. The van der Waals surface area contributed by atoms with Crippen LogP contribution in [-0.4, -0.2) is 31.3 Å². The van der Waals surface area contributed by atoms with Crippen molar-refractivity contribution in [2.24, 2.45) is 34.5 Å². The molecule has 2 nitrogen and oxygen atoms in total. The minimum Gasteiger partial charge on any atom is -0.393 e. The lowest BCUT2D eigenvalue weighted by Crippen LogP contribution is -3.11. The first-order valence-electron chi connectivity index (χ1n) is 10.3. The van der Waals surface area contributed by atoms with Crippen molar-refractivity contribution in [1.29, 1.82) is 0 Å². The van der Waals surface area contributed by atoms with E-state index in [9.17, 15) is 5.11 Å². The summed E-state index contributed by atoms with van der Waals surface area (Å²) >= 11 is 0. The molecular formula is C21H38NO+. The quantitative estimate of drug-likeness (QED) is 0.763. The molecule has 4 rings (SSSR count). The molecule has 4 aliphatic rings. The molecule has 0 amide bonds. The summed E-state index contributed by atoms with van der Waals surface area (Å²) in [5.41, 5.74) is 1.13. The fourth-order valence-electron chi connectivity index (χ4n) is 8.18. The molecule has 0 radical (unpaired) electrons. The summed E-state index contributed by atoms with van der Waals surface area (Å²) in [6, 6.07) is 0.882. The number of nitrogens with one attached hydrogen (secondary N) is 1. The van der Waals surface area contributed by atoms with Crippen molar-refractivity contribution in [2.75, 3.05) is 14.1 Å². The van der Waals surface area contributed by atoms with Gasteiger partial charge in [-0.05, 0) is 80.5 Å². The van der Waals surface area contributed by atoms with Crippen LogP contribution in [0.15, 0.2) is 0 Å². The number of hydrogen-bond donors (Lipinski definition) is 2. The number of aliphatic hydroxyl groups is 1. The second-order valence-electron chi connectivity index (χ2n) is 10.3. The number of aliphatic hydroxyl groups excluding tert-OH is 1. The van der Waals surface area contributed by atoms with E-state index in [1.807, 2.05) is 0 Å². The Kier molecular flexibility index (Phi) is 3.89. The lowest BCUT2D eigenvalue weighted by Gasteiger charge is -2.60. The third-order valence-corrected chi connectivity index (χ3v) is 9.34. The molecule has 0 aromatic carbocycles. The van der Waals surface area contributed by atoms with E-state index >= 15 is 0 Å². The van der Waals surface area contributed by atoms with Crippen LogP contribution in [0.5, 0.6) is 0 Å². The first kappa shape index (κ1) is 16.4. The van der Waals surface area contributed by atoms with Gasteiger partial charge in [0, 0.05) is 11.8 Å². The van der Waals surface area contributed by atoms with E-state index in [1.165, 1.54) is 44.9 Å². The Morgan fingerprint density at radius 3 is 2.26 bits per heavy atom. The van der Waals surface area contributed by atoms with Gasteiger partial charge >= 0.3 is 0 Å². The van der Waals surface area contributed by atoms with E-state index < -0.39 is 0 Å². The van der Waals surface area contributed by atoms with Gasteiger partial charge in [-0.3, -0.25) is 0 Å². The molecule has 4 saturated carbocycles. The van der Waals surface area contributed by atoms with Gasteiger partial charge in [-0.15, -0.1) is 0 Å². The average Bonchev–Trinajstić information content (AvgIpc) is 2.85. The molecule has 0 heterocycles. The standard InChI is InChI=1S/C21H37NO/c1-20-11-9-15(23)13-14(20)5-6-16-17-7-8-19(22(3)4)21(17,2)12-10-18(16)20/h14-19,23H,5-13H2,1-4H3/p+1/t14-,15+,16-,17+,18-,19-,20-,21-/m0/s1. The number of hydrogen-bond acceptors (Lipinski definition) is 1. The molecule has 0 bridgehead atoms. The number of rotatable bonds is 1. The van der Waals surface area contributed by atoms with Crippen molar-refractivity contribution in [3.05, 3.63) is 0 Å². The van der Waals surface area contributed by atoms with Gasteiger partial charge in [-0.25, -0.2) is 0 Å². The Labute approximate surface area is 143 Å². The fourth-order valence-corrected chi connectivity index (χ4v) is 8.18. The summed E-state index contributed by atoms with van der Waals surface area (Å²) < 4.78 is 0. The Morgan fingerprint density at radius 1 is 0.826 bits per heavy atom. The molecule has 8 atom stereocenters. The van der Waals surface area contributed by atoms with Gasteiger partial charge in [0.25, 0.3) is 0 Å². The highest BCUT2D eigenvalue weighted by atomic mass is 16.3. The predicted molar refractivity (Wildman–Crippen MR) is 94.3 cm³/mol. The molecule has 4 aliphatic carbocycles. The summed E-state index contributed by atoms with van der Waals surface area (Å²) in [6.07, 6.45) is 12.1. The maximum atomic E-state index is 10.1. The van der Waals surface area contributed by atoms with Gasteiger partial charge in [0.05, 0.1) is 26.2 Å². The summed E-state index contributed by atoms with van der Waals surface area (Å²) in [4.78, 5) is 1.69. The third kappa shape index (κ3) is 2.27. The Morgan fingerprint density at radius 2 is 1.52 bits per heavy atom. The van der Waals surface area contributed by atoms with Crippen LogP contribution in [0.3, 0.4) is 0 Å². The van der Waals surface area contributed by atoms with Gasteiger partial charge in [0.15, 0.2) is 0 Å². The number of fused-ring (bicyclic) bond motifs is 5. The van der Waals surface area contributed by atoms with Crippen LogP contribution in [0.4, 0.5) is 0 Å². The Bertz CT molecular complexity index is 463. The normalized spacial score (nSPS) is 56.1. The first-order valence-corrected chi connectivity index (χ1v) is 10.3. The van der Waals surface area contributed by atoms with Crippen LogP contribution in [0.25, 0.3) is 0 Å². The smallest absolute Gasteiger partial charge is 0.0927 e. The van der Waals surface area contributed by atoms with Crippen LogP contribution in [0.1, 0.15) is 71.6 Å². The molecule has 0 aromatic heterocycles. The molecule has 0 aromatic rings. The van der Waals surface area contributed by atoms with Crippen LogP contribution in [0, 0.1) is 34.5 Å². The van der Waals surface area contributed by atoms with E-state index in [4.69, 9.17) is 0 Å². The van der Waals surface area contributed by atoms with Crippen LogP contribution in [-0.2, 0) is 0 Å². The van der Waals surface area contributed by atoms with Gasteiger partial charge < -0.3 is 10.0 Å². The van der Waals surface area contributed by atoms with E-state index in [-0.39, 0.29) is 6.10 Å². The maximum absolute atomic E-state index is 10.1. The summed E-state index contributed by atoms with van der Waals surface area (Å²) in [5, 5.41) is 10.1. The monoisotopic (exact) mass is 320 g/mol. The van der Waals surface area contributed by atoms with Crippen molar-refractivity contribution in [3.63, 3.8) is 0 Å². The summed E-state index contributed by atoms with van der Waals surface area (Å²) in [5.74, 6) is 3.71. The van der Waals surface area contributed by atoms with E-state index in [2.05, 4.69) is 27.9 Å². The van der Waals surface area contributed by atoms with Crippen LogP contribution < -0.4 is 4.90 Å². The fraction of sp³-hybridized carbons (Fsp3) is 1.00. The summed E-state index contributed by atoms with van der Waals surface area (Å²) in [7, 11) is 4.76. The van der Waals surface area contributed by atoms with Crippen LogP contribution >= 0.6 is 0 Å². The first-order chi connectivity index (χ1) is 10.9. The number of quaternary nitrogens is 1. The third-order valence-electron chi connectivity index (χ3n) is 9.34. The highest BCUT2D eigenvalue weighted by Crippen LogP contribution is 2.65. The zero-order valence-electron chi connectivity index (χ0n) is 15.8. The minimum absolute atomic E-state index is 0.00770. The molecule has 0 aliphatic heterocycles. The highest BCUT2D eigenvalue weighted by molar-refractivity contribution is 5.09. The topological polar surface area (TPSA) is 24.7 Å². The Balaban J connectivity index is 1.60. The lowest BCUT2D eigenvalue weighted by molar-refractivity contribution is -0.893. The highest BCUT2D eigenvalue weighted by Gasteiger charge is 2.61. The van der Waals surface area contributed by atoms with E-state index in [1.54, 1.807) is 4.90 Å². The van der Waals surface area contributed by atoms with Crippen LogP contribution in [0.2, 0.25) is 0 Å². The molecule has 0 saturated heterocycles. The van der Waals surface area contributed by atoms with Crippen molar-refractivity contribution >= 4 is 0 Å². The molecular weight excluding hydrogens is 282 g/mol. The zero-order valence-corrected chi connectivity index (χ0v) is 15.8. The molecule has 4 fully saturated rings. The van der Waals surface area contributed by atoms with Gasteiger partial charge in [0.1, 0.15) is 0 Å². The minimum atomic E-state index is -0.00770. The second-order valence-corrected chi connectivity index (χ2v) is 10.3. The van der Waals surface area contributed by atoms with Crippen molar-refractivity contribution in [1.82, 2.24) is 0 Å². The molecule has 0 unspecified atom stereocenters. The largest absolute Gasteiger partial charge is 0.393 e. The van der Waals surface area contributed by atoms with Gasteiger partial charge in [-0.1, -0.05) is 13.8 Å². The molecule has 2 N–H and O–H groups in total. The predicted octanol–water partition coefficient (Wildman–Crippen LogP) is 2.90. The molecule has 132 valence electrons. The van der Waals surface area contributed by atoms with Crippen molar-refractivity contribution < 1.29 is 10.0 Å². The summed E-state index contributed by atoms with van der Waals surface area (Å²) in [6.45, 7) is 5.24. The van der Waals surface area contributed by atoms with E-state index in [0.29, 0.717) is 10.8 Å². The van der Waals surface area contributed by atoms with Gasteiger partial charge in [0.2, 0.25) is 0 Å². The van der Waals surface area contributed by atoms with Gasteiger partial charge in [-0.2, -0.15) is 0 Å². The van der Waals surface area contributed by atoms with E-state index in [0.717, 1.165) is 42.6 Å². The maximum Gasteiger partial charge on any atom is 0.0927 e. The molecule has 0 spiro atoms. The second kappa shape index (κ2) is 5.46. The zero-order chi connectivity index (χ0) is 16.4. The SMILES string of the molecule is C[NH+](C)[C@H]1CC[C@@H]2[C@@H]3CC[C@H]4C[C@H](O)CC[C@]4(C)[C@H]3CC[C@@]21C. The molecule has 23 heavy (non-hydrogen) atoms. The average molecular weight is 321 g/mol. The molecule has 2 heteroatoms.